The number of rotatable bonds is 4. The minimum absolute atomic E-state index is 0.0293. The highest BCUT2D eigenvalue weighted by Crippen LogP contribution is 2.23. The van der Waals surface area contributed by atoms with Gasteiger partial charge >= 0.3 is 0 Å². The van der Waals surface area contributed by atoms with Crippen molar-refractivity contribution in [1.29, 1.82) is 0 Å². The van der Waals surface area contributed by atoms with E-state index in [1.165, 1.54) is 18.4 Å². The van der Waals surface area contributed by atoms with E-state index in [-0.39, 0.29) is 24.2 Å². The van der Waals surface area contributed by atoms with Gasteiger partial charge in [-0.3, -0.25) is 4.79 Å². The highest BCUT2D eigenvalue weighted by Gasteiger charge is 2.26. The van der Waals surface area contributed by atoms with Gasteiger partial charge < -0.3 is 14.1 Å². The molecule has 5 nitrogen and oxygen atoms in total. The standard InChI is InChI=1S/C21H19FN2O3/c22-17-8-6-15(7-9-17)19-13-24(10-11-26-19)20(25)12-18-14-27-21(23-18)16-4-2-1-3-5-16/h1-9,14,19H,10-13H2. The van der Waals surface area contributed by atoms with Crippen molar-refractivity contribution in [2.45, 2.75) is 12.5 Å². The van der Waals surface area contributed by atoms with Crippen LogP contribution in [0.25, 0.3) is 11.5 Å². The lowest BCUT2D eigenvalue weighted by Gasteiger charge is -2.33. The second-order valence-corrected chi connectivity index (χ2v) is 6.44. The lowest BCUT2D eigenvalue weighted by atomic mass is 10.1. The number of ether oxygens (including phenoxy) is 1. The van der Waals surface area contributed by atoms with E-state index in [1.807, 2.05) is 30.3 Å². The monoisotopic (exact) mass is 366 g/mol. The summed E-state index contributed by atoms with van der Waals surface area (Å²) in [7, 11) is 0. The van der Waals surface area contributed by atoms with Gasteiger partial charge in [-0.05, 0) is 29.8 Å². The molecule has 1 aromatic heterocycles. The maximum atomic E-state index is 13.1. The lowest BCUT2D eigenvalue weighted by Crippen LogP contribution is -2.43. The van der Waals surface area contributed by atoms with Crippen molar-refractivity contribution in [3.63, 3.8) is 0 Å². The third kappa shape index (κ3) is 4.06. The Balaban J connectivity index is 1.41. The lowest BCUT2D eigenvalue weighted by molar-refractivity contribution is -0.138. The summed E-state index contributed by atoms with van der Waals surface area (Å²) in [6.07, 6.45) is 1.45. The zero-order valence-corrected chi connectivity index (χ0v) is 14.7. The topological polar surface area (TPSA) is 55.6 Å². The van der Waals surface area contributed by atoms with Crippen LogP contribution >= 0.6 is 0 Å². The number of benzene rings is 2. The number of halogens is 1. The van der Waals surface area contributed by atoms with Crippen molar-refractivity contribution in [3.8, 4) is 11.5 Å². The van der Waals surface area contributed by atoms with Gasteiger partial charge in [0.25, 0.3) is 0 Å². The van der Waals surface area contributed by atoms with E-state index < -0.39 is 0 Å². The Labute approximate surface area is 156 Å². The normalized spacial score (nSPS) is 17.1. The molecule has 0 N–H and O–H groups in total. The number of oxazole rings is 1. The first-order valence-electron chi connectivity index (χ1n) is 8.84. The molecule has 3 aromatic rings. The van der Waals surface area contributed by atoms with Gasteiger partial charge in [-0.2, -0.15) is 0 Å². The second kappa shape index (κ2) is 7.72. The van der Waals surface area contributed by atoms with Gasteiger partial charge in [-0.1, -0.05) is 30.3 Å². The van der Waals surface area contributed by atoms with Gasteiger partial charge in [-0.25, -0.2) is 9.37 Å². The predicted molar refractivity (Wildman–Crippen MR) is 97.3 cm³/mol. The van der Waals surface area contributed by atoms with Crippen LogP contribution in [0, 0.1) is 5.82 Å². The van der Waals surface area contributed by atoms with Crippen LogP contribution in [-0.4, -0.2) is 35.5 Å². The zero-order valence-electron chi connectivity index (χ0n) is 14.7. The van der Waals surface area contributed by atoms with Crippen molar-refractivity contribution in [2.75, 3.05) is 19.7 Å². The van der Waals surface area contributed by atoms with Crippen LogP contribution in [0.4, 0.5) is 4.39 Å². The van der Waals surface area contributed by atoms with Crippen molar-refractivity contribution in [2.24, 2.45) is 0 Å². The summed E-state index contributed by atoms with van der Waals surface area (Å²) >= 11 is 0. The van der Waals surface area contributed by atoms with E-state index in [9.17, 15) is 9.18 Å². The van der Waals surface area contributed by atoms with Crippen LogP contribution in [0.2, 0.25) is 0 Å². The zero-order chi connectivity index (χ0) is 18.6. The molecule has 1 atom stereocenters. The molecule has 1 saturated heterocycles. The minimum Gasteiger partial charge on any atom is -0.444 e. The molecule has 1 unspecified atom stereocenters. The molecule has 6 heteroatoms. The Morgan fingerprint density at radius 1 is 1.15 bits per heavy atom. The number of nitrogens with zero attached hydrogens (tertiary/aromatic N) is 2. The molecule has 138 valence electrons. The molecular weight excluding hydrogens is 347 g/mol. The van der Waals surface area contributed by atoms with Crippen LogP contribution in [0.5, 0.6) is 0 Å². The molecule has 0 aliphatic carbocycles. The fourth-order valence-electron chi connectivity index (χ4n) is 3.12. The van der Waals surface area contributed by atoms with Gasteiger partial charge in [0.2, 0.25) is 11.8 Å². The number of carbonyl (C=O) groups is 1. The largest absolute Gasteiger partial charge is 0.444 e. The predicted octanol–water partition coefficient (Wildman–Crippen LogP) is 3.62. The molecule has 27 heavy (non-hydrogen) atoms. The van der Waals surface area contributed by atoms with E-state index in [4.69, 9.17) is 9.15 Å². The minimum atomic E-state index is -0.289. The smallest absolute Gasteiger partial charge is 0.228 e. The summed E-state index contributed by atoms with van der Waals surface area (Å²) in [4.78, 5) is 18.8. The van der Waals surface area contributed by atoms with E-state index in [2.05, 4.69) is 4.98 Å². The van der Waals surface area contributed by atoms with Gasteiger partial charge in [0.05, 0.1) is 25.3 Å². The van der Waals surface area contributed by atoms with Gasteiger partial charge in [0.15, 0.2) is 0 Å². The van der Waals surface area contributed by atoms with Crippen molar-refractivity contribution >= 4 is 5.91 Å². The maximum absolute atomic E-state index is 13.1. The Morgan fingerprint density at radius 2 is 1.93 bits per heavy atom. The van der Waals surface area contributed by atoms with Crippen LogP contribution in [0.1, 0.15) is 17.4 Å². The second-order valence-electron chi connectivity index (χ2n) is 6.44. The van der Waals surface area contributed by atoms with Gasteiger partial charge in [0, 0.05) is 12.1 Å². The molecule has 1 aliphatic rings. The van der Waals surface area contributed by atoms with Crippen LogP contribution in [0.3, 0.4) is 0 Å². The first-order chi connectivity index (χ1) is 13.2. The highest BCUT2D eigenvalue weighted by atomic mass is 19.1. The van der Waals surface area contributed by atoms with Crippen LogP contribution in [0.15, 0.2) is 65.3 Å². The summed E-state index contributed by atoms with van der Waals surface area (Å²) in [6.45, 7) is 1.41. The number of hydrogen-bond acceptors (Lipinski definition) is 4. The van der Waals surface area contributed by atoms with Crippen molar-refractivity contribution in [3.05, 3.63) is 77.9 Å². The third-order valence-corrected chi connectivity index (χ3v) is 4.57. The summed E-state index contributed by atoms with van der Waals surface area (Å²) in [5.74, 6) is 0.186. The molecular formula is C21H19FN2O3. The first-order valence-corrected chi connectivity index (χ1v) is 8.84. The molecule has 1 fully saturated rings. The number of hydrogen-bond donors (Lipinski definition) is 0. The number of amides is 1. The van der Waals surface area contributed by atoms with E-state index >= 15 is 0 Å². The molecule has 0 bridgehead atoms. The fourth-order valence-corrected chi connectivity index (χ4v) is 3.12. The maximum Gasteiger partial charge on any atom is 0.228 e. The molecule has 1 amide bonds. The Bertz CT molecular complexity index is 909. The number of aromatic nitrogens is 1. The third-order valence-electron chi connectivity index (χ3n) is 4.57. The van der Waals surface area contributed by atoms with Gasteiger partial charge in [-0.15, -0.1) is 0 Å². The number of morpholine rings is 1. The van der Waals surface area contributed by atoms with Crippen LogP contribution in [-0.2, 0) is 16.0 Å². The Kier molecular flexibility index (Phi) is 4.98. The Morgan fingerprint density at radius 3 is 2.70 bits per heavy atom. The van der Waals surface area contributed by atoms with E-state index in [1.54, 1.807) is 17.0 Å². The molecule has 0 saturated carbocycles. The molecule has 4 rings (SSSR count). The quantitative estimate of drug-likeness (QED) is 0.708. The molecule has 0 radical (unpaired) electrons. The molecule has 2 heterocycles. The summed E-state index contributed by atoms with van der Waals surface area (Å²) in [6, 6.07) is 15.8. The van der Waals surface area contributed by atoms with Crippen LogP contribution < -0.4 is 0 Å². The van der Waals surface area contributed by atoms with Gasteiger partial charge in [0.1, 0.15) is 18.2 Å². The molecule has 1 aliphatic heterocycles. The molecule has 2 aromatic carbocycles. The first kappa shape index (κ1) is 17.4. The summed E-state index contributed by atoms with van der Waals surface area (Å²) < 4.78 is 24.3. The average Bonchev–Trinajstić information content (AvgIpc) is 3.18. The van der Waals surface area contributed by atoms with E-state index in [0.29, 0.717) is 31.3 Å². The van der Waals surface area contributed by atoms with E-state index in [0.717, 1.165) is 11.1 Å². The summed E-state index contributed by atoms with van der Waals surface area (Å²) in [5.41, 5.74) is 2.34. The molecule has 0 spiro atoms. The van der Waals surface area contributed by atoms with Crippen molar-refractivity contribution in [1.82, 2.24) is 9.88 Å². The Hall–Kier alpha value is -2.99. The number of carbonyl (C=O) groups excluding carboxylic acids is 1. The average molecular weight is 366 g/mol. The van der Waals surface area contributed by atoms with Crippen molar-refractivity contribution < 1.29 is 18.3 Å². The summed E-state index contributed by atoms with van der Waals surface area (Å²) in [5, 5.41) is 0. The highest BCUT2D eigenvalue weighted by molar-refractivity contribution is 5.78. The SMILES string of the molecule is O=C(Cc1coc(-c2ccccc2)n1)N1CCOC(c2ccc(F)cc2)C1. The fraction of sp³-hybridized carbons (Fsp3) is 0.238.